The van der Waals surface area contributed by atoms with Gasteiger partial charge in [0.05, 0.1) is 12.8 Å². The summed E-state index contributed by atoms with van der Waals surface area (Å²) in [6.45, 7) is 2.62. The van der Waals surface area contributed by atoms with E-state index in [-0.39, 0.29) is 5.91 Å². The number of thiazole rings is 1. The molecule has 0 bridgehead atoms. The van der Waals surface area contributed by atoms with Gasteiger partial charge < -0.3 is 9.47 Å². The molecule has 0 spiro atoms. The lowest BCUT2D eigenvalue weighted by Crippen LogP contribution is -2.12. The molecule has 0 aliphatic heterocycles. The van der Waals surface area contributed by atoms with E-state index in [0.717, 1.165) is 30.5 Å². The zero-order chi connectivity index (χ0) is 20.2. The van der Waals surface area contributed by atoms with E-state index in [4.69, 9.17) is 9.47 Å². The highest BCUT2D eigenvalue weighted by atomic mass is 32.1. The third-order valence-electron chi connectivity index (χ3n) is 4.98. The lowest BCUT2D eigenvalue weighted by Gasteiger charge is -2.15. The first kappa shape index (κ1) is 19.4. The van der Waals surface area contributed by atoms with Crippen LogP contribution in [0.4, 0.5) is 5.13 Å². The number of methoxy groups -OCH3 is 1. The Morgan fingerprint density at radius 3 is 2.86 bits per heavy atom. The maximum Gasteiger partial charge on any atom is 0.257 e. The fourth-order valence-corrected chi connectivity index (χ4v) is 4.50. The van der Waals surface area contributed by atoms with E-state index < -0.39 is 0 Å². The van der Waals surface area contributed by atoms with E-state index in [1.54, 1.807) is 49.0 Å². The topological polar surface area (TPSA) is 73.3 Å². The summed E-state index contributed by atoms with van der Waals surface area (Å²) in [6, 6.07) is 8.93. The number of aryl methyl sites for hydroxylation is 1. The number of nitrogens with one attached hydrogen (secondary N) is 1. The summed E-state index contributed by atoms with van der Waals surface area (Å²) in [5.74, 6) is 1.56. The molecular weight excluding hydrogens is 386 g/mol. The van der Waals surface area contributed by atoms with Crippen LogP contribution in [0.3, 0.4) is 0 Å². The van der Waals surface area contributed by atoms with Crippen molar-refractivity contribution < 1.29 is 14.3 Å². The van der Waals surface area contributed by atoms with Crippen LogP contribution in [-0.4, -0.2) is 23.0 Å². The summed E-state index contributed by atoms with van der Waals surface area (Å²) in [5, 5.41) is 3.59. The molecule has 4 rings (SSSR count). The van der Waals surface area contributed by atoms with Crippen LogP contribution in [0.1, 0.15) is 39.8 Å². The largest absolute Gasteiger partial charge is 0.493 e. The van der Waals surface area contributed by atoms with Gasteiger partial charge in [0.2, 0.25) is 0 Å². The van der Waals surface area contributed by atoms with Crippen LogP contribution in [-0.2, 0) is 19.4 Å². The van der Waals surface area contributed by atoms with Crippen LogP contribution >= 0.6 is 11.3 Å². The normalized spacial score (nSPS) is 15.4. The molecule has 1 atom stereocenters. The molecule has 1 unspecified atom stereocenters. The molecule has 7 heteroatoms. The summed E-state index contributed by atoms with van der Waals surface area (Å²) in [6.07, 6.45) is 6.61. The number of carbonyl (C=O) groups excluding carboxylic acids is 1. The SMILES string of the molecule is COc1ccc(C(=O)Nc2nc3c(s2)CC(C)CC3)cc1OCc1ccncc1. The average molecular weight is 410 g/mol. The molecule has 1 aromatic carbocycles. The van der Waals surface area contributed by atoms with Crippen molar-refractivity contribution in [1.82, 2.24) is 9.97 Å². The number of benzene rings is 1. The Morgan fingerprint density at radius 2 is 2.07 bits per heavy atom. The van der Waals surface area contributed by atoms with Crippen molar-refractivity contribution in [2.45, 2.75) is 32.8 Å². The number of hydrogen-bond donors (Lipinski definition) is 1. The van der Waals surface area contributed by atoms with Crippen molar-refractivity contribution in [3.05, 3.63) is 64.4 Å². The van der Waals surface area contributed by atoms with Crippen LogP contribution < -0.4 is 14.8 Å². The van der Waals surface area contributed by atoms with Crippen molar-refractivity contribution in [2.75, 3.05) is 12.4 Å². The number of pyridine rings is 1. The van der Waals surface area contributed by atoms with E-state index >= 15 is 0 Å². The van der Waals surface area contributed by atoms with Gasteiger partial charge >= 0.3 is 0 Å². The van der Waals surface area contributed by atoms with Gasteiger partial charge in [-0.15, -0.1) is 11.3 Å². The number of ether oxygens (including phenoxy) is 2. The monoisotopic (exact) mass is 409 g/mol. The highest BCUT2D eigenvalue weighted by molar-refractivity contribution is 7.15. The second-order valence-corrected chi connectivity index (χ2v) is 8.28. The molecule has 0 saturated carbocycles. The van der Waals surface area contributed by atoms with Gasteiger partial charge in [-0.2, -0.15) is 0 Å². The first-order valence-corrected chi connectivity index (χ1v) is 10.4. The Hall–Kier alpha value is -2.93. The molecule has 2 aromatic heterocycles. The zero-order valence-electron chi connectivity index (χ0n) is 16.5. The quantitative estimate of drug-likeness (QED) is 0.649. The molecule has 1 aliphatic rings. The first-order chi connectivity index (χ1) is 14.1. The number of carbonyl (C=O) groups is 1. The van der Waals surface area contributed by atoms with Gasteiger partial charge in [-0.25, -0.2) is 4.98 Å². The van der Waals surface area contributed by atoms with Crippen molar-refractivity contribution in [3.8, 4) is 11.5 Å². The van der Waals surface area contributed by atoms with Gasteiger partial charge in [0.1, 0.15) is 6.61 Å². The minimum atomic E-state index is -0.208. The Morgan fingerprint density at radius 1 is 1.24 bits per heavy atom. The molecule has 3 aromatic rings. The minimum Gasteiger partial charge on any atom is -0.493 e. The summed E-state index contributed by atoms with van der Waals surface area (Å²) in [5.41, 5.74) is 2.61. The lowest BCUT2D eigenvalue weighted by atomic mass is 9.93. The van der Waals surface area contributed by atoms with Crippen molar-refractivity contribution >= 4 is 22.4 Å². The second kappa shape index (κ2) is 8.61. The predicted octanol–water partition coefficient (Wildman–Crippen LogP) is 4.50. The lowest BCUT2D eigenvalue weighted by molar-refractivity contribution is 0.102. The fraction of sp³-hybridized carbons (Fsp3) is 0.318. The Labute approximate surface area is 173 Å². The van der Waals surface area contributed by atoms with E-state index in [2.05, 4.69) is 22.2 Å². The van der Waals surface area contributed by atoms with Crippen LogP contribution in [0.15, 0.2) is 42.7 Å². The molecule has 29 heavy (non-hydrogen) atoms. The smallest absolute Gasteiger partial charge is 0.257 e. The van der Waals surface area contributed by atoms with Gasteiger partial charge in [-0.3, -0.25) is 15.1 Å². The molecule has 6 nitrogen and oxygen atoms in total. The highest BCUT2D eigenvalue weighted by Crippen LogP contribution is 2.33. The standard InChI is InChI=1S/C22H23N3O3S/c1-14-3-5-17-20(11-14)29-22(24-17)25-21(26)16-4-6-18(27-2)19(12-16)28-13-15-7-9-23-10-8-15/h4,6-10,12,14H,3,5,11,13H2,1-2H3,(H,24,25,26). The summed E-state index contributed by atoms with van der Waals surface area (Å²) >= 11 is 1.58. The number of rotatable bonds is 6. The minimum absolute atomic E-state index is 0.208. The first-order valence-electron chi connectivity index (χ1n) is 9.62. The molecule has 2 heterocycles. The van der Waals surface area contributed by atoms with Gasteiger partial charge in [0, 0.05) is 22.8 Å². The molecule has 150 valence electrons. The van der Waals surface area contributed by atoms with Crippen molar-refractivity contribution in [2.24, 2.45) is 5.92 Å². The fourth-order valence-electron chi connectivity index (χ4n) is 3.33. The van der Waals surface area contributed by atoms with E-state index in [9.17, 15) is 4.79 Å². The van der Waals surface area contributed by atoms with Crippen molar-refractivity contribution in [3.63, 3.8) is 0 Å². The Balaban J connectivity index is 1.48. The van der Waals surface area contributed by atoms with Crippen LogP contribution in [0.5, 0.6) is 11.5 Å². The molecule has 1 amide bonds. The summed E-state index contributed by atoms with van der Waals surface area (Å²) in [7, 11) is 1.58. The van der Waals surface area contributed by atoms with E-state index in [1.807, 2.05) is 12.1 Å². The average Bonchev–Trinajstić information content (AvgIpc) is 3.14. The third-order valence-corrected chi connectivity index (χ3v) is 6.01. The number of amides is 1. The van der Waals surface area contributed by atoms with Crippen LogP contribution in [0.2, 0.25) is 0 Å². The van der Waals surface area contributed by atoms with Gasteiger partial charge in [-0.1, -0.05) is 6.92 Å². The highest BCUT2D eigenvalue weighted by Gasteiger charge is 2.21. The van der Waals surface area contributed by atoms with Gasteiger partial charge in [-0.05, 0) is 61.1 Å². The molecular formula is C22H23N3O3S. The Kier molecular flexibility index (Phi) is 5.76. The molecule has 0 saturated heterocycles. The third kappa shape index (κ3) is 4.56. The summed E-state index contributed by atoms with van der Waals surface area (Å²) in [4.78, 5) is 22.7. The predicted molar refractivity (Wildman–Crippen MR) is 113 cm³/mol. The maximum atomic E-state index is 12.8. The second-order valence-electron chi connectivity index (χ2n) is 7.20. The number of aromatic nitrogens is 2. The van der Waals surface area contributed by atoms with Crippen LogP contribution in [0, 0.1) is 5.92 Å². The number of nitrogens with zero attached hydrogens (tertiary/aromatic N) is 2. The van der Waals surface area contributed by atoms with E-state index in [1.165, 1.54) is 4.88 Å². The maximum absolute atomic E-state index is 12.8. The molecule has 1 N–H and O–H groups in total. The van der Waals surface area contributed by atoms with Crippen LogP contribution in [0.25, 0.3) is 0 Å². The Bertz CT molecular complexity index is 1000. The van der Waals surface area contributed by atoms with Crippen molar-refractivity contribution in [1.29, 1.82) is 0 Å². The molecule has 0 fully saturated rings. The number of anilines is 1. The number of fused-ring (bicyclic) bond motifs is 1. The van der Waals surface area contributed by atoms with E-state index in [0.29, 0.717) is 34.7 Å². The van der Waals surface area contributed by atoms with Gasteiger partial charge in [0.25, 0.3) is 5.91 Å². The molecule has 1 aliphatic carbocycles. The summed E-state index contributed by atoms with van der Waals surface area (Å²) < 4.78 is 11.3. The zero-order valence-corrected chi connectivity index (χ0v) is 17.3. The number of hydrogen-bond acceptors (Lipinski definition) is 6. The van der Waals surface area contributed by atoms with Gasteiger partial charge in [0.15, 0.2) is 16.6 Å². The molecule has 0 radical (unpaired) electrons.